The van der Waals surface area contributed by atoms with E-state index in [0.717, 1.165) is 10.4 Å². The summed E-state index contributed by atoms with van der Waals surface area (Å²) in [4.78, 5) is 25.5. The summed E-state index contributed by atoms with van der Waals surface area (Å²) in [6, 6.07) is 15.7. The molecule has 0 unspecified atom stereocenters. The molecule has 3 rings (SSSR count). The van der Waals surface area contributed by atoms with Gasteiger partial charge in [-0.15, -0.1) is 11.3 Å². The van der Waals surface area contributed by atoms with E-state index in [0.29, 0.717) is 22.5 Å². The van der Waals surface area contributed by atoms with Gasteiger partial charge < -0.3 is 21.5 Å². The molecular formula is C21H21N3O3S. The molecule has 28 heavy (non-hydrogen) atoms. The number of carbonyl (C=O) groups is 2. The highest BCUT2D eigenvalue weighted by atomic mass is 32.1. The molecule has 0 saturated heterocycles. The average Bonchev–Trinajstić information content (AvgIpc) is 3.23. The molecule has 144 valence electrons. The number of aliphatic hydroxyl groups is 1. The van der Waals surface area contributed by atoms with E-state index in [1.807, 2.05) is 29.6 Å². The van der Waals surface area contributed by atoms with Gasteiger partial charge in [0.1, 0.15) is 0 Å². The van der Waals surface area contributed by atoms with Crippen LogP contribution in [0.25, 0.3) is 10.4 Å². The van der Waals surface area contributed by atoms with Gasteiger partial charge in [0.15, 0.2) is 5.60 Å². The van der Waals surface area contributed by atoms with E-state index < -0.39 is 11.5 Å². The largest absolute Gasteiger partial charge is 0.397 e. The van der Waals surface area contributed by atoms with Gasteiger partial charge in [-0.2, -0.15) is 0 Å². The lowest BCUT2D eigenvalue weighted by Crippen LogP contribution is -2.40. The molecule has 0 aliphatic rings. The summed E-state index contributed by atoms with van der Waals surface area (Å²) in [5.41, 5.74) is 7.07. The summed E-state index contributed by atoms with van der Waals surface area (Å²) in [5.74, 6) is -0.857. The van der Waals surface area contributed by atoms with Crippen LogP contribution in [0.4, 0.5) is 11.4 Å². The summed E-state index contributed by atoms with van der Waals surface area (Å²) in [7, 11) is 1.45. The van der Waals surface area contributed by atoms with Crippen molar-refractivity contribution >= 4 is 34.5 Å². The van der Waals surface area contributed by atoms with Crippen molar-refractivity contribution in [2.24, 2.45) is 0 Å². The van der Waals surface area contributed by atoms with E-state index in [1.54, 1.807) is 41.7 Å². The van der Waals surface area contributed by atoms with Crippen LogP contribution in [-0.4, -0.2) is 24.0 Å². The van der Waals surface area contributed by atoms with Crippen LogP contribution in [0, 0.1) is 0 Å². The number of nitrogen functional groups attached to an aromatic ring is 1. The predicted octanol–water partition coefficient (Wildman–Crippen LogP) is 3.20. The fourth-order valence-corrected chi connectivity index (χ4v) is 3.50. The minimum atomic E-state index is -1.68. The Labute approximate surface area is 167 Å². The Bertz CT molecular complexity index is 996. The second-order valence-electron chi connectivity index (χ2n) is 6.46. The number of carbonyl (C=O) groups excluding carboxylic acids is 2. The molecule has 1 atom stereocenters. The highest BCUT2D eigenvalue weighted by Crippen LogP contribution is 2.30. The third kappa shape index (κ3) is 3.90. The summed E-state index contributed by atoms with van der Waals surface area (Å²) in [5, 5.41) is 17.6. The Balaban J connectivity index is 1.80. The van der Waals surface area contributed by atoms with E-state index in [9.17, 15) is 14.7 Å². The maximum atomic E-state index is 12.6. The van der Waals surface area contributed by atoms with Gasteiger partial charge in [-0.1, -0.05) is 24.3 Å². The summed E-state index contributed by atoms with van der Waals surface area (Å²) in [6.45, 7) is 1.40. The molecule has 0 spiro atoms. The SMILES string of the molecule is CNC(=O)[C@](C)(O)c1ccc(C(=O)Nc2cc(-c3cccs3)ccc2N)cc1. The van der Waals surface area contributed by atoms with Gasteiger partial charge in [-0.05, 0) is 53.8 Å². The standard InChI is InChI=1S/C21H21N3O3S/c1-21(27,20(26)23-2)15-8-5-13(6-9-15)19(25)24-17-12-14(7-10-16(17)22)18-4-3-11-28-18/h3-12,27H,22H2,1-2H3,(H,23,26)(H,24,25)/t21-/m1/s1. The van der Waals surface area contributed by atoms with Gasteiger partial charge in [0.05, 0.1) is 11.4 Å². The van der Waals surface area contributed by atoms with Crippen molar-refractivity contribution in [2.75, 3.05) is 18.1 Å². The Kier molecular flexibility index (Phi) is 5.48. The molecule has 0 radical (unpaired) electrons. The maximum absolute atomic E-state index is 12.6. The average molecular weight is 395 g/mol. The second kappa shape index (κ2) is 7.84. The highest BCUT2D eigenvalue weighted by Gasteiger charge is 2.31. The smallest absolute Gasteiger partial charge is 0.256 e. The summed E-state index contributed by atoms with van der Waals surface area (Å²) < 4.78 is 0. The lowest BCUT2D eigenvalue weighted by atomic mass is 9.94. The lowest BCUT2D eigenvalue weighted by molar-refractivity contribution is -0.138. The number of likely N-dealkylation sites (N-methyl/N-ethyl adjacent to an activating group) is 1. The van der Waals surface area contributed by atoms with Crippen LogP contribution in [0.15, 0.2) is 60.0 Å². The van der Waals surface area contributed by atoms with Crippen molar-refractivity contribution in [2.45, 2.75) is 12.5 Å². The predicted molar refractivity (Wildman–Crippen MR) is 112 cm³/mol. The van der Waals surface area contributed by atoms with Crippen molar-refractivity contribution in [1.29, 1.82) is 0 Å². The van der Waals surface area contributed by atoms with Crippen LogP contribution in [-0.2, 0) is 10.4 Å². The minimum Gasteiger partial charge on any atom is -0.397 e. The first-order valence-corrected chi connectivity index (χ1v) is 9.50. The van der Waals surface area contributed by atoms with E-state index in [1.165, 1.54) is 14.0 Å². The molecule has 0 fully saturated rings. The molecule has 0 aliphatic carbocycles. The maximum Gasteiger partial charge on any atom is 0.256 e. The number of anilines is 2. The van der Waals surface area contributed by atoms with E-state index in [2.05, 4.69) is 10.6 Å². The van der Waals surface area contributed by atoms with Gasteiger partial charge in [-0.3, -0.25) is 9.59 Å². The zero-order chi connectivity index (χ0) is 20.3. The number of nitrogens with two attached hydrogens (primary N) is 1. The first-order valence-electron chi connectivity index (χ1n) is 8.63. The Hall–Kier alpha value is -3.16. The summed E-state index contributed by atoms with van der Waals surface area (Å²) >= 11 is 1.60. The number of benzene rings is 2. The molecular weight excluding hydrogens is 374 g/mol. The summed E-state index contributed by atoms with van der Waals surface area (Å²) in [6.07, 6.45) is 0. The van der Waals surface area contributed by atoms with Crippen molar-refractivity contribution in [3.8, 4) is 10.4 Å². The number of amides is 2. The van der Waals surface area contributed by atoms with Gasteiger partial charge in [-0.25, -0.2) is 0 Å². The number of rotatable bonds is 5. The monoisotopic (exact) mass is 395 g/mol. The molecule has 1 heterocycles. The topological polar surface area (TPSA) is 104 Å². The minimum absolute atomic E-state index is 0.332. The van der Waals surface area contributed by atoms with Crippen molar-refractivity contribution < 1.29 is 14.7 Å². The molecule has 2 amide bonds. The van der Waals surface area contributed by atoms with Crippen LogP contribution in [0.1, 0.15) is 22.8 Å². The van der Waals surface area contributed by atoms with Crippen LogP contribution in [0.2, 0.25) is 0 Å². The fourth-order valence-electron chi connectivity index (χ4n) is 2.78. The highest BCUT2D eigenvalue weighted by molar-refractivity contribution is 7.13. The van der Waals surface area contributed by atoms with E-state index in [4.69, 9.17) is 5.73 Å². The second-order valence-corrected chi connectivity index (χ2v) is 7.41. The van der Waals surface area contributed by atoms with Gasteiger partial charge in [0, 0.05) is 17.5 Å². The Morgan fingerprint density at radius 3 is 2.43 bits per heavy atom. The molecule has 7 heteroatoms. The quantitative estimate of drug-likeness (QED) is 0.498. The number of nitrogens with one attached hydrogen (secondary N) is 2. The molecule has 0 bridgehead atoms. The van der Waals surface area contributed by atoms with Crippen molar-refractivity contribution in [3.05, 3.63) is 71.1 Å². The fraction of sp³-hybridized carbons (Fsp3) is 0.143. The van der Waals surface area contributed by atoms with E-state index >= 15 is 0 Å². The third-order valence-corrected chi connectivity index (χ3v) is 5.40. The molecule has 3 aromatic rings. The molecule has 6 nitrogen and oxygen atoms in total. The molecule has 2 aromatic carbocycles. The van der Waals surface area contributed by atoms with Crippen LogP contribution in [0.3, 0.4) is 0 Å². The van der Waals surface area contributed by atoms with Crippen LogP contribution >= 0.6 is 11.3 Å². The number of hydrogen-bond donors (Lipinski definition) is 4. The normalized spacial score (nSPS) is 12.8. The molecule has 0 aliphatic heterocycles. The Morgan fingerprint density at radius 1 is 1.11 bits per heavy atom. The lowest BCUT2D eigenvalue weighted by Gasteiger charge is -2.21. The number of hydrogen-bond acceptors (Lipinski definition) is 5. The van der Waals surface area contributed by atoms with Gasteiger partial charge in [0.2, 0.25) is 0 Å². The molecule has 5 N–H and O–H groups in total. The molecule has 1 aromatic heterocycles. The van der Waals surface area contributed by atoms with Crippen LogP contribution < -0.4 is 16.4 Å². The van der Waals surface area contributed by atoms with Gasteiger partial charge in [0.25, 0.3) is 11.8 Å². The van der Waals surface area contributed by atoms with E-state index in [-0.39, 0.29) is 5.91 Å². The van der Waals surface area contributed by atoms with Gasteiger partial charge >= 0.3 is 0 Å². The first-order chi connectivity index (χ1) is 13.3. The Morgan fingerprint density at radius 2 is 1.82 bits per heavy atom. The third-order valence-electron chi connectivity index (χ3n) is 4.49. The zero-order valence-corrected chi connectivity index (χ0v) is 16.3. The zero-order valence-electron chi connectivity index (χ0n) is 15.5. The van der Waals surface area contributed by atoms with Crippen LogP contribution in [0.5, 0.6) is 0 Å². The number of thiophene rings is 1. The van der Waals surface area contributed by atoms with Crippen molar-refractivity contribution in [1.82, 2.24) is 5.32 Å². The van der Waals surface area contributed by atoms with Crippen molar-refractivity contribution in [3.63, 3.8) is 0 Å². The first kappa shape index (κ1) is 19.6. The molecule has 0 saturated carbocycles.